The molecule has 182 valence electrons. The summed E-state index contributed by atoms with van der Waals surface area (Å²) in [7, 11) is 0. The van der Waals surface area contributed by atoms with Gasteiger partial charge in [0.25, 0.3) is 5.91 Å². The number of carbonyl (C=O) groups is 1. The van der Waals surface area contributed by atoms with Gasteiger partial charge >= 0.3 is 0 Å². The number of fused-ring (bicyclic) bond motifs is 1. The first-order valence-corrected chi connectivity index (χ1v) is 12.8. The summed E-state index contributed by atoms with van der Waals surface area (Å²) in [6, 6.07) is 18.6. The van der Waals surface area contributed by atoms with Crippen molar-refractivity contribution in [3.05, 3.63) is 110 Å². The molecule has 0 saturated carbocycles. The van der Waals surface area contributed by atoms with E-state index in [0.29, 0.717) is 33.0 Å². The van der Waals surface area contributed by atoms with E-state index < -0.39 is 0 Å². The highest BCUT2D eigenvalue weighted by molar-refractivity contribution is 6.35. The Bertz CT molecular complexity index is 1430. The Balaban J connectivity index is 1.62. The molecular weight excluding hydrogens is 515 g/mol. The lowest BCUT2D eigenvalue weighted by Crippen LogP contribution is -2.25. The fraction of sp³-hybridized carbons (Fsp3) is 0.179. The quantitative estimate of drug-likeness (QED) is 0.269. The highest BCUT2D eigenvalue weighted by Crippen LogP contribution is 2.37. The Morgan fingerprint density at radius 1 is 0.972 bits per heavy atom. The number of carbonyl (C=O) groups excluding carboxylic acids is 1. The summed E-state index contributed by atoms with van der Waals surface area (Å²) in [6.07, 6.45) is 7.38. The molecule has 8 heteroatoms. The monoisotopic (exact) mass is 536 g/mol. The highest BCUT2D eigenvalue weighted by Gasteiger charge is 2.28. The van der Waals surface area contributed by atoms with Gasteiger partial charge in [0, 0.05) is 21.8 Å². The molecule has 0 aliphatic heterocycles. The molecule has 0 unspecified atom stereocenters. The van der Waals surface area contributed by atoms with E-state index in [1.807, 2.05) is 48.5 Å². The van der Waals surface area contributed by atoms with Crippen LogP contribution in [-0.2, 0) is 13.0 Å². The average Bonchev–Trinajstić information content (AvgIpc) is 3.13. The molecule has 1 N–H and O–H groups in total. The molecule has 5 rings (SSSR count). The maximum absolute atomic E-state index is 13.4. The first-order chi connectivity index (χ1) is 17.5. The van der Waals surface area contributed by atoms with Gasteiger partial charge in [0.05, 0.1) is 28.6 Å². The van der Waals surface area contributed by atoms with Crippen molar-refractivity contribution in [1.82, 2.24) is 20.1 Å². The molecule has 2 aromatic carbocycles. The summed E-state index contributed by atoms with van der Waals surface area (Å²) >= 11 is 18.9. The van der Waals surface area contributed by atoms with Gasteiger partial charge < -0.3 is 5.32 Å². The number of aromatic nitrogens is 3. The van der Waals surface area contributed by atoms with Crippen molar-refractivity contribution in [3.63, 3.8) is 0 Å². The van der Waals surface area contributed by atoms with Crippen LogP contribution in [-0.4, -0.2) is 20.7 Å². The molecule has 2 aromatic heterocycles. The molecule has 1 aliphatic rings. The smallest absolute Gasteiger partial charge is 0.272 e. The molecule has 0 spiro atoms. The molecule has 4 aromatic rings. The zero-order valence-corrected chi connectivity index (χ0v) is 21.6. The number of amides is 1. The van der Waals surface area contributed by atoms with Crippen LogP contribution in [0.1, 0.15) is 52.3 Å². The predicted molar refractivity (Wildman–Crippen MR) is 146 cm³/mol. The molecule has 0 radical (unpaired) electrons. The van der Waals surface area contributed by atoms with E-state index in [9.17, 15) is 4.79 Å². The standard InChI is InChI=1S/C28H23Cl3N4O/c29-20-10-8-18(9-11-20)15-19-5-1-2-7-23-26(28(36)33-17-22-6-3-4-14-32-22)34-35(27(19)23)25-13-12-21(30)16-24(25)31/h3-4,6,8-16H,1-2,5,7,17H2,(H,33,36)/b19-15+. The van der Waals surface area contributed by atoms with E-state index in [2.05, 4.69) is 16.4 Å². The number of nitrogens with zero attached hydrogens (tertiary/aromatic N) is 3. The maximum Gasteiger partial charge on any atom is 0.272 e. The van der Waals surface area contributed by atoms with Crippen molar-refractivity contribution < 1.29 is 4.79 Å². The van der Waals surface area contributed by atoms with Crippen LogP contribution in [0.4, 0.5) is 0 Å². The Hall–Kier alpha value is -3.12. The van der Waals surface area contributed by atoms with Crippen LogP contribution in [0.5, 0.6) is 0 Å². The van der Waals surface area contributed by atoms with Gasteiger partial charge in [-0.2, -0.15) is 5.10 Å². The van der Waals surface area contributed by atoms with Gasteiger partial charge in [0.15, 0.2) is 5.69 Å². The summed E-state index contributed by atoms with van der Waals surface area (Å²) in [4.78, 5) is 17.7. The number of allylic oxidation sites excluding steroid dienone is 1. The summed E-state index contributed by atoms with van der Waals surface area (Å²) in [6.45, 7) is 0.316. The van der Waals surface area contributed by atoms with Crippen LogP contribution < -0.4 is 5.32 Å². The number of nitrogens with one attached hydrogen (secondary N) is 1. The van der Waals surface area contributed by atoms with Gasteiger partial charge in [-0.05, 0) is 85.4 Å². The van der Waals surface area contributed by atoms with E-state index in [4.69, 9.17) is 39.9 Å². The molecule has 36 heavy (non-hydrogen) atoms. The second-order valence-corrected chi connectivity index (χ2v) is 9.90. The third kappa shape index (κ3) is 5.34. The second-order valence-electron chi connectivity index (χ2n) is 8.62. The van der Waals surface area contributed by atoms with E-state index in [-0.39, 0.29) is 5.91 Å². The topological polar surface area (TPSA) is 59.8 Å². The molecule has 2 heterocycles. The SMILES string of the molecule is O=C(NCc1ccccn1)c1nn(-c2ccc(Cl)cc2Cl)c2c1CCCC/C2=C\c1ccc(Cl)cc1. The predicted octanol–water partition coefficient (Wildman–Crippen LogP) is 7.42. The van der Waals surface area contributed by atoms with Crippen molar-refractivity contribution >= 4 is 52.4 Å². The van der Waals surface area contributed by atoms with Crippen LogP contribution in [0, 0.1) is 0 Å². The minimum absolute atomic E-state index is 0.242. The second kappa shape index (κ2) is 10.9. The Morgan fingerprint density at radius 2 is 1.75 bits per heavy atom. The van der Waals surface area contributed by atoms with Crippen LogP contribution in [0.3, 0.4) is 0 Å². The largest absolute Gasteiger partial charge is 0.345 e. The molecule has 1 amide bonds. The Kier molecular flexibility index (Phi) is 7.42. The van der Waals surface area contributed by atoms with Gasteiger partial charge in [-0.3, -0.25) is 9.78 Å². The van der Waals surface area contributed by atoms with Crippen LogP contribution >= 0.6 is 34.8 Å². The lowest BCUT2D eigenvalue weighted by atomic mass is 10.0. The summed E-state index contributed by atoms with van der Waals surface area (Å²) in [5.41, 5.74) is 5.78. The third-order valence-electron chi connectivity index (χ3n) is 6.13. The van der Waals surface area contributed by atoms with Gasteiger partial charge in [-0.25, -0.2) is 4.68 Å². The number of pyridine rings is 1. The average molecular weight is 538 g/mol. The zero-order valence-electron chi connectivity index (χ0n) is 19.3. The number of hydrogen-bond donors (Lipinski definition) is 1. The molecule has 0 bridgehead atoms. The normalized spacial score (nSPS) is 14.4. The Morgan fingerprint density at radius 3 is 2.50 bits per heavy atom. The van der Waals surface area contributed by atoms with Crippen molar-refractivity contribution in [2.75, 3.05) is 0 Å². The first-order valence-electron chi connectivity index (χ1n) is 11.7. The van der Waals surface area contributed by atoms with Crippen LogP contribution in [0.25, 0.3) is 17.3 Å². The van der Waals surface area contributed by atoms with E-state index in [0.717, 1.165) is 53.8 Å². The molecule has 5 nitrogen and oxygen atoms in total. The van der Waals surface area contributed by atoms with E-state index in [1.54, 1.807) is 23.0 Å². The minimum Gasteiger partial charge on any atom is -0.345 e. The third-order valence-corrected chi connectivity index (χ3v) is 6.92. The summed E-state index contributed by atoms with van der Waals surface area (Å²) in [5.74, 6) is -0.242. The van der Waals surface area contributed by atoms with Crippen molar-refractivity contribution in [2.24, 2.45) is 0 Å². The summed E-state index contributed by atoms with van der Waals surface area (Å²) in [5, 5.41) is 9.47. The molecule has 0 atom stereocenters. The lowest BCUT2D eigenvalue weighted by Gasteiger charge is -2.13. The van der Waals surface area contributed by atoms with Crippen molar-refractivity contribution in [1.29, 1.82) is 0 Å². The van der Waals surface area contributed by atoms with Crippen LogP contribution in [0.15, 0.2) is 66.9 Å². The molecule has 0 fully saturated rings. The molecule has 1 aliphatic carbocycles. The van der Waals surface area contributed by atoms with Crippen LogP contribution in [0.2, 0.25) is 15.1 Å². The van der Waals surface area contributed by atoms with Gasteiger partial charge in [-0.15, -0.1) is 0 Å². The number of benzene rings is 2. The fourth-order valence-electron chi connectivity index (χ4n) is 4.42. The van der Waals surface area contributed by atoms with Crippen molar-refractivity contribution in [2.45, 2.75) is 32.2 Å². The maximum atomic E-state index is 13.4. The van der Waals surface area contributed by atoms with E-state index >= 15 is 0 Å². The van der Waals surface area contributed by atoms with Crippen molar-refractivity contribution in [3.8, 4) is 5.69 Å². The minimum atomic E-state index is -0.242. The van der Waals surface area contributed by atoms with Gasteiger partial charge in [-0.1, -0.05) is 53.0 Å². The molecular formula is C28H23Cl3N4O. The zero-order chi connectivity index (χ0) is 25.1. The van der Waals surface area contributed by atoms with Gasteiger partial charge in [0.2, 0.25) is 0 Å². The molecule has 0 saturated heterocycles. The summed E-state index contributed by atoms with van der Waals surface area (Å²) < 4.78 is 1.79. The number of hydrogen-bond acceptors (Lipinski definition) is 3. The first kappa shape index (κ1) is 24.6. The number of halogens is 3. The van der Waals surface area contributed by atoms with E-state index in [1.165, 1.54) is 0 Å². The number of rotatable bonds is 5. The lowest BCUT2D eigenvalue weighted by molar-refractivity contribution is 0.0944. The Labute approximate surface area is 224 Å². The highest BCUT2D eigenvalue weighted by atomic mass is 35.5. The van der Waals surface area contributed by atoms with Gasteiger partial charge in [0.1, 0.15) is 0 Å². The fourth-order valence-corrected chi connectivity index (χ4v) is 5.03.